The van der Waals surface area contributed by atoms with Crippen LogP contribution < -0.4 is 0 Å². The van der Waals surface area contributed by atoms with Crippen molar-refractivity contribution < 1.29 is 27.8 Å². The van der Waals surface area contributed by atoms with Gasteiger partial charge in [0.2, 0.25) is 3.78 Å². The topological polar surface area (TPSA) is 46.5 Å². The molecule has 8 heteroatoms. The van der Waals surface area contributed by atoms with Crippen molar-refractivity contribution in [2.24, 2.45) is 11.3 Å². The van der Waals surface area contributed by atoms with Gasteiger partial charge in [-0.3, -0.25) is 4.79 Å². The average molecular weight is 520 g/mol. The molecule has 3 nitrogen and oxygen atoms in total. The zero-order chi connectivity index (χ0) is 23.4. The third-order valence-electron chi connectivity index (χ3n) is 6.59. The van der Waals surface area contributed by atoms with E-state index in [4.69, 9.17) is 16.3 Å². The van der Waals surface area contributed by atoms with Crippen LogP contribution in [0.5, 0.6) is 0 Å². The Morgan fingerprint density at radius 3 is 2.26 bits per heavy atom. The molecule has 2 aromatic rings. The van der Waals surface area contributed by atoms with E-state index in [9.17, 15) is 23.1 Å². The SMILES string of the molecule is COC(=O)C1(c2cccc(-c3ccccc3)c2C)C(C(O)C(Cl)(Br)C(F)(F)F)C1(C)C. The number of aliphatic hydroxyl groups excluding tert-OH is 1. The van der Waals surface area contributed by atoms with E-state index in [0.29, 0.717) is 5.56 Å². The Labute approximate surface area is 192 Å². The summed E-state index contributed by atoms with van der Waals surface area (Å²) in [6.45, 7) is 5.09. The smallest absolute Gasteiger partial charge is 0.420 e. The molecule has 0 aromatic heterocycles. The third kappa shape index (κ3) is 3.40. The molecule has 0 heterocycles. The van der Waals surface area contributed by atoms with Crippen molar-refractivity contribution >= 4 is 33.5 Å². The number of carbonyl (C=O) groups is 1. The van der Waals surface area contributed by atoms with Gasteiger partial charge in [-0.25, -0.2) is 0 Å². The van der Waals surface area contributed by atoms with E-state index < -0.39 is 38.8 Å². The molecule has 4 atom stereocenters. The predicted octanol–water partition coefficient (Wildman–Crippen LogP) is 5.98. The number of alkyl halides is 5. The van der Waals surface area contributed by atoms with Gasteiger partial charge < -0.3 is 9.84 Å². The van der Waals surface area contributed by atoms with Crippen molar-refractivity contribution in [1.29, 1.82) is 0 Å². The molecule has 1 saturated carbocycles. The number of ether oxygens (including phenoxy) is 1. The minimum atomic E-state index is -4.95. The number of halogens is 5. The molecule has 0 bridgehead atoms. The van der Waals surface area contributed by atoms with E-state index in [1.165, 1.54) is 7.11 Å². The van der Waals surface area contributed by atoms with Gasteiger partial charge in [-0.2, -0.15) is 13.2 Å². The van der Waals surface area contributed by atoms with Gasteiger partial charge in [-0.05, 0) is 34.6 Å². The van der Waals surface area contributed by atoms with Crippen LogP contribution in [0, 0.1) is 18.3 Å². The summed E-state index contributed by atoms with van der Waals surface area (Å²) in [5, 5.41) is 10.8. The maximum atomic E-state index is 13.6. The van der Waals surface area contributed by atoms with E-state index >= 15 is 0 Å². The maximum Gasteiger partial charge on any atom is 0.420 e. The highest BCUT2D eigenvalue weighted by atomic mass is 79.9. The fourth-order valence-electron chi connectivity index (χ4n) is 4.98. The summed E-state index contributed by atoms with van der Waals surface area (Å²) >= 11 is 8.21. The van der Waals surface area contributed by atoms with Crippen LogP contribution in [0.3, 0.4) is 0 Å². The molecule has 0 saturated heterocycles. The van der Waals surface area contributed by atoms with Crippen molar-refractivity contribution in [3.8, 4) is 11.1 Å². The number of methoxy groups -OCH3 is 1. The highest BCUT2D eigenvalue weighted by molar-refractivity contribution is 9.10. The van der Waals surface area contributed by atoms with Crippen LogP contribution in [0.1, 0.15) is 25.0 Å². The summed E-state index contributed by atoms with van der Waals surface area (Å²) in [6, 6.07) is 14.8. The van der Waals surface area contributed by atoms with Crippen LogP contribution in [0.4, 0.5) is 13.2 Å². The van der Waals surface area contributed by atoms with E-state index in [1.54, 1.807) is 26.0 Å². The molecule has 1 fully saturated rings. The van der Waals surface area contributed by atoms with E-state index in [2.05, 4.69) is 15.9 Å². The Hall–Kier alpha value is -1.57. The Morgan fingerprint density at radius 1 is 1.16 bits per heavy atom. The monoisotopic (exact) mass is 518 g/mol. The maximum absolute atomic E-state index is 13.6. The molecule has 2 aromatic carbocycles. The molecule has 1 aliphatic rings. The first-order chi connectivity index (χ1) is 14.3. The summed E-state index contributed by atoms with van der Waals surface area (Å²) in [6.07, 6.45) is -7.06. The lowest BCUT2D eigenvalue weighted by atomic mass is 9.82. The number of hydrogen-bond donors (Lipinski definition) is 1. The average Bonchev–Trinajstić information content (AvgIpc) is 3.23. The van der Waals surface area contributed by atoms with Gasteiger partial charge in [0.15, 0.2) is 0 Å². The number of benzene rings is 2. The summed E-state index contributed by atoms with van der Waals surface area (Å²) in [5.74, 6) is -1.85. The Morgan fingerprint density at radius 2 is 1.74 bits per heavy atom. The van der Waals surface area contributed by atoms with E-state index in [-0.39, 0.29) is 0 Å². The standard InChI is InChI=1S/C23H23BrClF3O3/c1-13-15(14-9-6-5-7-10-14)11-8-12-16(13)21(19(30)31-4)17(20(21,2)3)18(29)22(24,25)23(26,27)28/h5-12,17-18,29H,1-4H3. The molecular weight excluding hydrogens is 497 g/mol. The first-order valence-corrected chi connectivity index (χ1v) is 10.8. The van der Waals surface area contributed by atoms with Gasteiger partial charge in [0, 0.05) is 5.92 Å². The Bertz CT molecular complexity index is 991. The van der Waals surface area contributed by atoms with Gasteiger partial charge >= 0.3 is 12.1 Å². The fourth-order valence-corrected chi connectivity index (χ4v) is 5.37. The van der Waals surface area contributed by atoms with Crippen molar-refractivity contribution in [1.82, 2.24) is 0 Å². The summed E-state index contributed by atoms with van der Waals surface area (Å²) < 4.78 is 42.7. The van der Waals surface area contributed by atoms with Gasteiger partial charge in [0.25, 0.3) is 0 Å². The lowest BCUT2D eigenvalue weighted by molar-refractivity contribution is -0.162. The van der Waals surface area contributed by atoms with Crippen molar-refractivity contribution in [2.75, 3.05) is 7.11 Å². The lowest BCUT2D eigenvalue weighted by Crippen LogP contribution is -2.47. The second kappa shape index (κ2) is 7.78. The summed E-state index contributed by atoms with van der Waals surface area (Å²) in [5.41, 5.74) is 0.415. The number of hydrogen-bond acceptors (Lipinski definition) is 3. The number of aliphatic hydroxyl groups is 1. The van der Waals surface area contributed by atoms with Crippen LogP contribution in [0.2, 0.25) is 0 Å². The number of carbonyl (C=O) groups excluding carboxylic acids is 1. The Kier molecular flexibility index (Phi) is 6.04. The molecule has 0 amide bonds. The summed E-state index contributed by atoms with van der Waals surface area (Å²) in [4.78, 5) is 13.1. The van der Waals surface area contributed by atoms with Crippen LogP contribution in [0.25, 0.3) is 11.1 Å². The molecule has 1 aliphatic carbocycles. The second-order valence-corrected chi connectivity index (χ2v) is 10.7. The highest BCUT2D eigenvalue weighted by Gasteiger charge is 2.82. The third-order valence-corrected chi connectivity index (χ3v) is 7.95. The van der Waals surface area contributed by atoms with Crippen LogP contribution >= 0.6 is 27.5 Å². The fraction of sp³-hybridized carbons (Fsp3) is 0.435. The highest BCUT2D eigenvalue weighted by Crippen LogP contribution is 2.74. The lowest BCUT2D eigenvalue weighted by Gasteiger charge is -2.30. The van der Waals surface area contributed by atoms with Crippen molar-refractivity contribution in [3.05, 3.63) is 59.7 Å². The zero-order valence-corrected chi connectivity index (χ0v) is 19.8. The van der Waals surface area contributed by atoms with Crippen LogP contribution in [-0.2, 0) is 14.9 Å². The van der Waals surface area contributed by atoms with Gasteiger partial charge in [-0.15, -0.1) is 0 Å². The molecule has 0 aliphatic heterocycles. The van der Waals surface area contributed by atoms with Crippen LogP contribution in [-0.4, -0.2) is 34.2 Å². The molecule has 31 heavy (non-hydrogen) atoms. The minimum absolute atomic E-state index is 0.511. The molecule has 0 spiro atoms. The van der Waals surface area contributed by atoms with Crippen molar-refractivity contribution in [2.45, 2.75) is 42.2 Å². The molecule has 1 N–H and O–H groups in total. The van der Waals surface area contributed by atoms with Crippen LogP contribution in [0.15, 0.2) is 48.5 Å². The summed E-state index contributed by atoms with van der Waals surface area (Å²) in [7, 11) is 1.18. The normalized spacial score (nSPS) is 25.4. The molecule has 168 valence electrons. The van der Waals surface area contributed by atoms with E-state index in [1.807, 2.05) is 43.3 Å². The van der Waals surface area contributed by atoms with Gasteiger partial charge in [0.1, 0.15) is 5.41 Å². The minimum Gasteiger partial charge on any atom is -0.468 e. The van der Waals surface area contributed by atoms with E-state index in [0.717, 1.165) is 16.7 Å². The molecule has 0 radical (unpaired) electrons. The van der Waals surface area contributed by atoms with Gasteiger partial charge in [0.05, 0.1) is 13.2 Å². The van der Waals surface area contributed by atoms with Crippen molar-refractivity contribution in [3.63, 3.8) is 0 Å². The molecule has 4 unspecified atom stereocenters. The zero-order valence-electron chi connectivity index (χ0n) is 17.4. The predicted molar refractivity (Wildman–Crippen MR) is 117 cm³/mol. The number of esters is 1. The molecular formula is C23H23BrClF3O3. The first-order valence-electron chi connectivity index (χ1n) is 9.62. The Balaban J connectivity index is 2.22. The van der Waals surface area contributed by atoms with Gasteiger partial charge in [-0.1, -0.05) is 89.9 Å². The molecule has 3 rings (SSSR count). The largest absolute Gasteiger partial charge is 0.468 e. The first kappa shape index (κ1) is 24.1. The quantitative estimate of drug-likeness (QED) is 0.390. The second-order valence-electron chi connectivity index (χ2n) is 8.41. The number of rotatable bonds is 5.